The smallest absolute Gasteiger partial charge is 0.260 e. The largest absolute Gasteiger partial charge is 0.316 e. The predicted octanol–water partition coefficient (Wildman–Crippen LogP) is 0.275. The maximum atomic E-state index is 12.5. The minimum Gasteiger partial charge on any atom is -0.316 e. The zero-order valence-corrected chi connectivity index (χ0v) is 11.7. The van der Waals surface area contributed by atoms with E-state index in [9.17, 15) is 8.42 Å². The molecule has 0 spiro atoms. The summed E-state index contributed by atoms with van der Waals surface area (Å²) in [5.41, 5.74) is 0. The molecule has 0 aromatic carbocycles. The third-order valence-corrected chi connectivity index (χ3v) is 5.26. The summed E-state index contributed by atoms with van der Waals surface area (Å²) < 4.78 is 28.1. The van der Waals surface area contributed by atoms with Crippen LogP contribution in [0.1, 0.15) is 19.8 Å². The van der Waals surface area contributed by atoms with Crippen LogP contribution in [0.5, 0.6) is 0 Å². The zero-order valence-electron chi connectivity index (χ0n) is 10.8. The highest BCUT2D eigenvalue weighted by Crippen LogP contribution is 2.20. The van der Waals surface area contributed by atoms with Crippen LogP contribution in [0.3, 0.4) is 0 Å². The van der Waals surface area contributed by atoms with Crippen molar-refractivity contribution in [2.75, 3.05) is 20.1 Å². The van der Waals surface area contributed by atoms with Gasteiger partial charge in [-0.05, 0) is 32.9 Å². The van der Waals surface area contributed by atoms with Crippen molar-refractivity contribution in [3.8, 4) is 0 Å². The summed E-state index contributed by atoms with van der Waals surface area (Å²) >= 11 is 0. The Kier molecular flexibility index (Phi) is 4.04. The maximum Gasteiger partial charge on any atom is 0.260 e. The Labute approximate surface area is 108 Å². The molecule has 1 N–H and O–H groups in total. The molecular weight excluding hydrogens is 252 g/mol. The molecule has 0 saturated carbocycles. The molecule has 0 amide bonds. The van der Waals surface area contributed by atoms with Crippen molar-refractivity contribution < 1.29 is 8.42 Å². The van der Waals surface area contributed by atoms with Crippen LogP contribution in [0.25, 0.3) is 0 Å². The number of rotatable bonds is 4. The summed E-state index contributed by atoms with van der Waals surface area (Å²) in [7, 11) is -1.54. The van der Waals surface area contributed by atoms with Gasteiger partial charge >= 0.3 is 0 Å². The topological polar surface area (TPSA) is 67.2 Å². The van der Waals surface area contributed by atoms with Crippen LogP contribution in [0, 0.1) is 0 Å². The van der Waals surface area contributed by atoms with Gasteiger partial charge in [-0.1, -0.05) is 0 Å². The minimum atomic E-state index is -3.41. The first-order valence-electron chi connectivity index (χ1n) is 6.28. The highest BCUT2D eigenvalue weighted by Gasteiger charge is 2.31. The van der Waals surface area contributed by atoms with Crippen molar-refractivity contribution in [1.82, 2.24) is 19.4 Å². The van der Waals surface area contributed by atoms with E-state index >= 15 is 0 Å². The average Bonchev–Trinajstić information content (AvgIpc) is 2.88. The molecule has 0 bridgehead atoms. The second kappa shape index (κ2) is 5.38. The lowest BCUT2D eigenvalue weighted by molar-refractivity contribution is 0.291. The number of sulfonamides is 1. The molecule has 1 saturated heterocycles. The Balaban J connectivity index is 2.25. The van der Waals surface area contributed by atoms with Gasteiger partial charge in [0.25, 0.3) is 10.0 Å². The predicted molar refractivity (Wildman–Crippen MR) is 68.7 cm³/mol. The molecule has 7 heteroatoms. The molecule has 6 nitrogen and oxygen atoms in total. The van der Waals surface area contributed by atoms with E-state index in [1.807, 2.05) is 14.0 Å². The molecule has 1 aliphatic heterocycles. The average molecular weight is 272 g/mol. The Morgan fingerprint density at radius 2 is 2.33 bits per heavy atom. The molecule has 1 aromatic rings. The lowest BCUT2D eigenvalue weighted by atomic mass is 10.1. The first kappa shape index (κ1) is 13.5. The Hall–Kier alpha value is -0.920. The first-order valence-corrected chi connectivity index (χ1v) is 7.72. The monoisotopic (exact) mass is 272 g/mol. The molecule has 1 aliphatic rings. The Morgan fingerprint density at radius 3 is 3.00 bits per heavy atom. The van der Waals surface area contributed by atoms with E-state index in [2.05, 4.69) is 10.4 Å². The van der Waals surface area contributed by atoms with Crippen molar-refractivity contribution in [1.29, 1.82) is 0 Å². The number of nitrogens with one attached hydrogen (secondary N) is 1. The minimum absolute atomic E-state index is 0.242. The zero-order chi connectivity index (χ0) is 13.2. The fraction of sp³-hybridized carbons (Fsp3) is 0.727. The van der Waals surface area contributed by atoms with Crippen LogP contribution in [0.4, 0.5) is 0 Å². The van der Waals surface area contributed by atoms with Crippen molar-refractivity contribution in [2.24, 2.45) is 0 Å². The summed E-state index contributed by atoms with van der Waals surface area (Å²) in [5.74, 6) is 0. The van der Waals surface area contributed by atoms with Gasteiger partial charge in [-0.15, -0.1) is 0 Å². The van der Waals surface area contributed by atoms with Gasteiger partial charge in [0.1, 0.15) is 0 Å². The van der Waals surface area contributed by atoms with Gasteiger partial charge in [-0.3, -0.25) is 4.68 Å². The molecule has 1 unspecified atom stereocenters. The molecule has 0 radical (unpaired) electrons. The lowest BCUT2D eigenvalue weighted by Crippen LogP contribution is -2.47. The second-order valence-electron chi connectivity index (χ2n) is 4.48. The van der Waals surface area contributed by atoms with E-state index < -0.39 is 10.0 Å². The molecule has 1 fully saturated rings. The highest BCUT2D eigenvalue weighted by atomic mass is 32.2. The summed E-state index contributed by atoms with van der Waals surface area (Å²) in [6.07, 6.45) is 3.45. The molecule has 102 valence electrons. The number of hydrogen-bond donors (Lipinski definition) is 1. The third kappa shape index (κ3) is 2.43. The Morgan fingerprint density at radius 1 is 1.56 bits per heavy atom. The van der Waals surface area contributed by atoms with Crippen LogP contribution in [-0.2, 0) is 16.6 Å². The van der Waals surface area contributed by atoms with E-state index in [1.165, 1.54) is 10.9 Å². The molecule has 0 aliphatic carbocycles. The number of aryl methyl sites for hydroxylation is 1. The highest BCUT2D eigenvalue weighted by molar-refractivity contribution is 7.89. The summed E-state index contributed by atoms with van der Waals surface area (Å²) in [6.45, 7) is 3.58. The number of aromatic nitrogens is 2. The van der Waals surface area contributed by atoms with Crippen molar-refractivity contribution in [2.45, 2.75) is 37.4 Å². The molecule has 1 atom stereocenters. The van der Waals surface area contributed by atoms with E-state index in [0.717, 1.165) is 12.8 Å². The van der Waals surface area contributed by atoms with Gasteiger partial charge < -0.3 is 5.32 Å². The lowest BCUT2D eigenvalue weighted by Gasteiger charge is -2.31. The molecular formula is C11H20N4O2S. The van der Waals surface area contributed by atoms with Gasteiger partial charge in [0.15, 0.2) is 5.03 Å². The third-order valence-electron chi connectivity index (χ3n) is 3.37. The second-order valence-corrected chi connectivity index (χ2v) is 6.36. The normalized spacial score (nSPS) is 22.2. The van der Waals surface area contributed by atoms with Crippen LogP contribution in [-0.4, -0.2) is 48.7 Å². The van der Waals surface area contributed by atoms with Crippen LogP contribution >= 0.6 is 0 Å². The van der Waals surface area contributed by atoms with Crippen LogP contribution in [0.15, 0.2) is 17.3 Å². The maximum absolute atomic E-state index is 12.5. The summed E-state index contributed by atoms with van der Waals surface area (Å²) in [6, 6.07) is 1.81. The van der Waals surface area contributed by atoms with Crippen molar-refractivity contribution in [3.63, 3.8) is 0 Å². The van der Waals surface area contributed by atoms with Crippen molar-refractivity contribution in [3.05, 3.63) is 12.3 Å². The van der Waals surface area contributed by atoms with Gasteiger partial charge in [0, 0.05) is 25.7 Å². The van der Waals surface area contributed by atoms with Crippen molar-refractivity contribution >= 4 is 10.0 Å². The van der Waals surface area contributed by atoms with Gasteiger partial charge in [-0.2, -0.15) is 9.40 Å². The molecule has 2 rings (SSSR count). The summed E-state index contributed by atoms with van der Waals surface area (Å²) in [5, 5.41) is 7.47. The molecule has 1 aromatic heterocycles. The van der Waals surface area contributed by atoms with Gasteiger partial charge in [-0.25, -0.2) is 8.42 Å². The molecule has 2 heterocycles. The van der Waals surface area contributed by atoms with E-state index in [1.54, 1.807) is 10.4 Å². The van der Waals surface area contributed by atoms with Gasteiger partial charge in [0.05, 0.1) is 6.20 Å². The van der Waals surface area contributed by atoms with Crippen LogP contribution in [0.2, 0.25) is 0 Å². The number of nitrogens with zero attached hydrogens (tertiary/aromatic N) is 3. The molecule has 18 heavy (non-hydrogen) atoms. The first-order chi connectivity index (χ1) is 8.59. The van der Waals surface area contributed by atoms with E-state index in [0.29, 0.717) is 24.7 Å². The fourth-order valence-electron chi connectivity index (χ4n) is 2.31. The quantitative estimate of drug-likeness (QED) is 0.854. The fourth-order valence-corrected chi connectivity index (χ4v) is 3.99. The number of hydrogen-bond acceptors (Lipinski definition) is 4. The Bertz CT molecular complexity index is 497. The number of likely N-dealkylation sites (N-methyl/N-ethyl adjacent to an activating group) is 1. The summed E-state index contributed by atoms with van der Waals surface area (Å²) in [4.78, 5) is 0. The van der Waals surface area contributed by atoms with E-state index in [-0.39, 0.29) is 6.04 Å². The van der Waals surface area contributed by atoms with Gasteiger partial charge in [0.2, 0.25) is 0 Å². The standard InChI is InChI=1S/C11H20N4O2S/c1-3-15-11(6-7-13-15)18(16,17)14-8-4-5-10(9-14)12-2/h6-7,10,12H,3-5,8-9H2,1-2H3. The van der Waals surface area contributed by atoms with E-state index in [4.69, 9.17) is 0 Å². The van der Waals surface area contributed by atoms with Crippen LogP contribution < -0.4 is 5.32 Å². The SMILES string of the molecule is CCn1nccc1S(=O)(=O)N1CCCC(NC)C1. The number of piperidine rings is 1.